The van der Waals surface area contributed by atoms with Crippen molar-refractivity contribution in [2.45, 2.75) is 12.0 Å². The molecular formula is C7H10N2OS. The highest BCUT2D eigenvalue weighted by Crippen LogP contribution is 2.19. The Balaban J connectivity index is 2.00. The van der Waals surface area contributed by atoms with E-state index in [0.29, 0.717) is 13.1 Å². The van der Waals surface area contributed by atoms with E-state index < -0.39 is 5.60 Å². The molecule has 0 radical (unpaired) electrons. The average Bonchev–Trinajstić information content (AvgIpc) is 2.36. The highest BCUT2D eigenvalue weighted by molar-refractivity contribution is 7.09. The summed E-state index contributed by atoms with van der Waals surface area (Å²) >= 11 is 1.60. The lowest BCUT2D eigenvalue weighted by atomic mass is 9.93. The first-order valence-corrected chi connectivity index (χ1v) is 4.47. The van der Waals surface area contributed by atoms with Gasteiger partial charge in [-0.3, -0.25) is 4.98 Å². The molecule has 0 aliphatic carbocycles. The largest absolute Gasteiger partial charge is 0.387 e. The van der Waals surface area contributed by atoms with Gasteiger partial charge in [-0.25, -0.2) is 0 Å². The lowest BCUT2D eigenvalue weighted by Gasteiger charge is -2.37. The van der Waals surface area contributed by atoms with Crippen molar-refractivity contribution >= 4 is 11.3 Å². The molecule has 2 N–H and O–H groups in total. The van der Waals surface area contributed by atoms with E-state index in [1.54, 1.807) is 16.8 Å². The number of hydrogen-bond acceptors (Lipinski definition) is 4. The second-order valence-corrected chi connectivity index (χ2v) is 3.94. The lowest BCUT2D eigenvalue weighted by molar-refractivity contribution is -0.00837. The van der Waals surface area contributed by atoms with Gasteiger partial charge in [-0.2, -0.15) is 0 Å². The Morgan fingerprint density at radius 1 is 1.73 bits per heavy atom. The number of aromatic nitrogens is 1. The first kappa shape index (κ1) is 7.21. The van der Waals surface area contributed by atoms with Crippen molar-refractivity contribution in [2.75, 3.05) is 13.1 Å². The topological polar surface area (TPSA) is 45.2 Å². The summed E-state index contributed by atoms with van der Waals surface area (Å²) in [6.07, 6.45) is 2.56. The van der Waals surface area contributed by atoms with Gasteiger partial charge in [0.25, 0.3) is 0 Å². The minimum absolute atomic E-state index is 0.494. The molecule has 0 unspecified atom stereocenters. The Morgan fingerprint density at radius 2 is 2.55 bits per heavy atom. The molecule has 0 aromatic carbocycles. The van der Waals surface area contributed by atoms with Gasteiger partial charge in [0, 0.05) is 30.6 Å². The van der Waals surface area contributed by atoms with E-state index >= 15 is 0 Å². The molecule has 0 atom stereocenters. The van der Waals surface area contributed by atoms with Crippen LogP contribution in [0.2, 0.25) is 0 Å². The standard InChI is InChI=1S/C7H10N2OS/c10-7(3-9-4-7)1-6-2-8-5-11-6/h2,5,9-10H,1,3-4H2. The van der Waals surface area contributed by atoms with Crippen LogP contribution in [0.4, 0.5) is 0 Å². The SMILES string of the molecule is OC1(Cc2cncs2)CNC1. The molecule has 2 rings (SSSR count). The molecular weight excluding hydrogens is 160 g/mol. The van der Waals surface area contributed by atoms with Crippen molar-refractivity contribution in [3.05, 3.63) is 16.6 Å². The van der Waals surface area contributed by atoms with Gasteiger partial charge >= 0.3 is 0 Å². The number of aliphatic hydroxyl groups is 1. The minimum atomic E-state index is -0.494. The van der Waals surface area contributed by atoms with Gasteiger partial charge in [0.05, 0.1) is 11.1 Å². The maximum Gasteiger partial charge on any atom is 0.0943 e. The maximum atomic E-state index is 9.70. The summed E-state index contributed by atoms with van der Waals surface area (Å²) < 4.78 is 0. The van der Waals surface area contributed by atoms with E-state index in [2.05, 4.69) is 10.3 Å². The minimum Gasteiger partial charge on any atom is -0.387 e. The molecule has 4 heteroatoms. The summed E-state index contributed by atoms with van der Waals surface area (Å²) in [6.45, 7) is 1.43. The van der Waals surface area contributed by atoms with Crippen molar-refractivity contribution in [1.29, 1.82) is 0 Å². The number of rotatable bonds is 2. The first-order valence-electron chi connectivity index (χ1n) is 3.59. The molecule has 1 aromatic rings. The van der Waals surface area contributed by atoms with Crippen LogP contribution in [0.15, 0.2) is 11.7 Å². The molecule has 3 nitrogen and oxygen atoms in total. The maximum absolute atomic E-state index is 9.70. The molecule has 1 aliphatic rings. The molecule has 1 aromatic heterocycles. The molecule has 0 bridgehead atoms. The van der Waals surface area contributed by atoms with Gasteiger partial charge in [0.1, 0.15) is 0 Å². The summed E-state index contributed by atoms with van der Waals surface area (Å²) in [6, 6.07) is 0. The number of nitrogens with zero attached hydrogens (tertiary/aromatic N) is 1. The molecule has 0 saturated carbocycles. The number of β-amino-alcohol motifs (C(OH)–C–C–N with tert-alkyl or cyclic N) is 1. The van der Waals surface area contributed by atoms with Crippen molar-refractivity contribution in [1.82, 2.24) is 10.3 Å². The van der Waals surface area contributed by atoms with Crippen molar-refractivity contribution < 1.29 is 5.11 Å². The molecule has 1 fully saturated rings. The Kier molecular flexibility index (Phi) is 1.67. The molecule has 0 amide bonds. The summed E-state index contributed by atoms with van der Waals surface area (Å²) in [7, 11) is 0. The average molecular weight is 170 g/mol. The van der Waals surface area contributed by atoms with Crippen LogP contribution in [0.3, 0.4) is 0 Å². The van der Waals surface area contributed by atoms with Crippen LogP contribution in [-0.4, -0.2) is 28.8 Å². The molecule has 0 spiro atoms. The first-order chi connectivity index (χ1) is 5.29. The van der Waals surface area contributed by atoms with Crippen LogP contribution in [0, 0.1) is 0 Å². The van der Waals surface area contributed by atoms with Crippen LogP contribution < -0.4 is 5.32 Å². The predicted octanol–water partition coefficient (Wildman–Crippen LogP) is 0.0199. The Labute approximate surface area is 69.1 Å². The third kappa shape index (κ3) is 1.42. The Hall–Kier alpha value is -0.450. The zero-order valence-corrected chi connectivity index (χ0v) is 6.90. The second-order valence-electron chi connectivity index (χ2n) is 2.97. The lowest BCUT2D eigenvalue weighted by Crippen LogP contribution is -2.60. The van der Waals surface area contributed by atoms with Crippen LogP contribution in [0.1, 0.15) is 4.88 Å². The van der Waals surface area contributed by atoms with Crippen LogP contribution >= 0.6 is 11.3 Å². The highest BCUT2D eigenvalue weighted by atomic mass is 32.1. The second kappa shape index (κ2) is 2.55. The van der Waals surface area contributed by atoms with Gasteiger partial charge in [0.15, 0.2) is 0 Å². The fourth-order valence-corrected chi connectivity index (χ4v) is 1.92. The van der Waals surface area contributed by atoms with E-state index in [0.717, 1.165) is 11.3 Å². The molecule has 2 heterocycles. The van der Waals surface area contributed by atoms with Crippen LogP contribution in [0.5, 0.6) is 0 Å². The predicted molar refractivity (Wildman–Crippen MR) is 43.6 cm³/mol. The summed E-state index contributed by atoms with van der Waals surface area (Å²) in [5.41, 5.74) is 1.30. The Morgan fingerprint density at radius 3 is 3.00 bits per heavy atom. The third-order valence-electron chi connectivity index (χ3n) is 1.89. The quantitative estimate of drug-likeness (QED) is 0.657. The summed E-state index contributed by atoms with van der Waals surface area (Å²) in [4.78, 5) is 5.11. The zero-order valence-electron chi connectivity index (χ0n) is 6.08. The van der Waals surface area contributed by atoms with Gasteiger partial charge in [-0.1, -0.05) is 0 Å². The summed E-state index contributed by atoms with van der Waals surface area (Å²) in [5, 5.41) is 12.7. The van der Waals surface area contributed by atoms with Gasteiger partial charge in [-0.15, -0.1) is 11.3 Å². The van der Waals surface area contributed by atoms with E-state index in [1.165, 1.54) is 0 Å². The fourth-order valence-electron chi connectivity index (χ4n) is 1.19. The molecule has 11 heavy (non-hydrogen) atoms. The normalized spacial score (nSPS) is 21.2. The van der Waals surface area contributed by atoms with Crippen LogP contribution in [-0.2, 0) is 6.42 Å². The van der Waals surface area contributed by atoms with Crippen molar-refractivity contribution in [2.24, 2.45) is 0 Å². The smallest absolute Gasteiger partial charge is 0.0943 e. The van der Waals surface area contributed by atoms with Crippen LogP contribution in [0.25, 0.3) is 0 Å². The monoisotopic (exact) mass is 170 g/mol. The number of thiazole rings is 1. The van der Waals surface area contributed by atoms with E-state index in [4.69, 9.17) is 0 Å². The molecule has 1 aliphatic heterocycles. The molecule has 60 valence electrons. The van der Waals surface area contributed by atoms with Crippen molar-refractivity contribution in [3.8, 4) is 0 Å². The number of hydrogen-bond donors (Lipinski definition) is 2. The zero-order chi connectivity index (χ0) is 7.73. The Bertz CT molecular complexity index is 231. The van der Waals surface area contributed by atoms with Crippen molar-refractivity contribution in [3.63, 3.8) is 0 Å². The number of nitrogens with one attached hydrogen (secondary N) is 1. The fraction of sp³-hybridized carbons (Fsp3) is 0.571. The molecule has 1 saturated heterocycles. The van der Waals surface area contributed by atoms with E-state index in [9.17, 15) is 5.11 Å². The third-order valence-corrected chi connectivity index (χ3v) is 2.67. The van der Waals surface area contributed by atoms with Gasteiger partial charge in [0.2, 0.25) is 0 Å². The highest BCUT2D eigenvalue weighted by Gasteiger charge is 2.34. The van der Waals surface area contributed by atoms with E-state index in [1.807, 2.05) is 6.20 Å². The summed E-state index contributed by atoms with van der Waals surface area (Å²) in [5.74, 6) is 0. The van der Waals surface area contributed by atoms with Gasteiger partial charge < -0.3 is 10.4 Å². The van der Waals surface area contributed by atoms with E-state index in [-0.39, 0.29) is 0 Å². The van der Waals surface area contributed by atoms with Gasteiger partial charge in [-0.05, 0) is 0 Å².